The average molecular weight is 369 g/mol. The Morgan fingerprint density at radius 3 is 2.65 bits per heavy atom. The molecule has 0 saturated heterocycles. The Labute approximate surface area is 153 Å². The number of benzene rings is 1. The predicted octanol–water partition coefficient (Wildman–Crippen LogP) is 3.27. The average Bonchev–Trinajstić information content (AvgIpc) is 3.22. The van der Waals surface area contributed by atoms with Crippen LogP contribution in [0.5, 0.6) is 11.5 Å². The van der Waals surface area contributed by atoms with E-state index in [9.17, 15) is 4.79 Å². The first-order valence-corrected chi connectivity index (χ1v) is 8.70. The number of amides is 1. The lowest BCUT2D eigenvalue weighted by atomic mass is 10.2. The van der Waals surface area contributed by atoms with E-state index in [1.807, 2.05) is 19.9 Å². The van der Waals surface area contributed by atoms with Gasteiger partial charge in [-0.1, -0.05) is 0 Å². The molecule has 2 N–H and O–H groups in total. The molecule has 0 atom stereocenters. The molecule has 3 aromatic rings. The van der Waals surface area contributed by atoms with Gasteiger partial charge in [-0.15, -0.1) is 11.3 Å². The van der Waals surface area contributed by atoms with Crippen molar-refractivity contribution >= 4 is 34.0 Å². The minimum Gasteiger partial charge on any atom is -0.454 e. The van der Waals surface area contributed by atoms with Crippen molar-refractivity contribution < 1.29 is 14.3 Å². The smallest absolute Gasteiger partial charge is 0.275 e. The van der Waals surface area contributed by atoms with Gasteiger partial charge in [-0.3, -0.25) is 4.79 Å². The normalized spacial score (nSPS) is 12.1. The first-order chi connectivity index (χ1) is 12.6. The fraction of sp³-hybridized carbons (Fsp3) is 0.176. The molecule has 0 bridgehead atoms. The second-order valence-electron chi connectivity index (χ2n) is 5.66. The molecule has 8 nitrogen and oxygen atoms in total. The minimum atomic E-state index is -0.311. The number of carbonyl (C=O) groups is 1. The number of ether oxygens (including phenoxy) is 2. The Bertz CT molecular complexity index is 968. The first-order valence-electron chi connectivity index (χ1n) is 7.83. The molecule has 0 saturated carbocycles. The third kappa shape index (κ3) is 3.42. The first kappa shape index (κ1) is 16.3. The number of nitrogens with one attached hydrogen (secondary N) is 2. The van der Waals surface area contributed by atoms with Gasteiger partial charge in [0.05, 0.1) is 0 Å². The van der Waals surface area contributed by atoms with Gasteiger partial charge >= 0.3 is 0 Å². The van der Waals surface area contributed by atoms with Crippen molar-refractivity contribution in [3.63, 3.8) is 0 Å². The Morgan fingerprint density at radius 2 is 1.85 bits per heavy atom. The Morgan fingerprint density at radius 1 is 1.08 bits per heavy atom. The van der Waals surface area contributed by atoms with Gasteiger partial charge in [-0.25, -0.2) is 15.0 Å². The highest BCUT2D eigenvalue weighted by atomic mass is 32.1. The van der Waals surface area contributed by atoms with Crippen molar-refractivity contribution in [3.05, 3.63) is 46.7 Å². The summed E-state index contributed by atoms with van der Waals surface area (Å²) in [5.41, 5.74) is 2.63. The zero-order valence-electron chi connectivity index (χ0n) is 14.1. The molecule has 4 rings (SSSR count). The number of hydrogen-bond donors (Lipinski definition) is 2. The third-order valence-electron chi connectivity index (χ3n) is 3.57. The monoisotopic (exact) mass is 369 g/mol. The van der Waals surface area contributed by atoms with Crippen LogP contribution in [0.25, 0.3) is 0 Å². The Kier molecular flexibility index (Phi) is 4.13. The highest BCUT2D eigenvalue weighted by Gasteiger charge is 2.16. The van der Waals surface area contributed by atoms with E-state index >= 15 is 0 Å². The summed E-state index contributed by atoms with van der Waals surface area (Å²) in [6.45, 7) is 3.98. The van der Waals surface area contributed by atoms with Crippen molar-refractivity contribution in [2.75, 3.05) is 17.4 Å². The maximum atomic E-state index is 12.4. The molecule has 1 aliphatic rings. The number of thiazole rings is 1. The summed E-state index contributed by atoms with van der Waals surface area (Å²) in [7, 11) is 0. The molecule has 0 unspecified atom stereocenters. The van der Waals surface area contributed by atoms with Gasteiger partial charge in [-0.05, 0) is 32.0 Å². The van der Waals surface area contributed by atoms with E-state index in [1.165, 1.54) is 11.3 Å². The number of aryl methyl sites for hydroxylation is 2. The van der Waals surface area contributed by atoms with E-state index in [0.717, 1.165) is 11.4 Å². The summed E-state index contributed by atoms with van der Waals surface area (Å²) in [4.78, 5) is 25.3. The Hall–Kier alpha value is -3.20. The summed E-state index contributed by atoms with van der Waals surface area (Å²) >= 11 is 1.31. The highest BCUT2D eigenvalue weighted by molar-refractivity contribution is 7.14. The molecule has 9 heteroatoms. The molecule has 0 radical (unpaired) electrons. The van der Waals surface area contributed by atoms with Crippen molar-refractivity contribution in [2.45, 2.75) is 13.8 Å². The molecule has 1 aliphatic heterocycles. The second kappa shape index (κ2) is 6.60. The minimum absolute atomic E-state index is 0.189. The number of nitrogens with zero attached hydrogens (tertiary/aromatic N) is 3. The SMILES string of the molecule is Cc1cc(C)nc(Nc2nc(C(=O)Nc3ccc4c(c3)OCO4)cs2)n1. The number of carbonyl (C=O) groups excluding carboxylic acids is 1. The number of fused-ring (bicyclic) bond motifs is 1. The van der Waals surface area contributed by atoms with Gasteiger partial charge in [0.15, 0.2) is 16.6 Å². The van der Waals surface area contributed by atoms with Gasteiger partial charge in [0, 0.05) is 28.5 Å². The number of hydrogen-bond acceptors (Lipinski definition) is 8. The van der Waals surface area contributed by atoms with E-state index < -0.39 is 0 Å². The number of anilines is 3. The maximum Gasteiger partial charge on any atom is 0.275 e. The molecule has 2 aromatic heterocycles. The third-order valence-corrected chi connectivity index (χ3v) is 4.33. The summed E-state index contributed by atoms with van der Waals surface area (Å²) in [5, 5.41) is 8.04. The van der Waals surface area contributed by atoms with Crippen molar-refractivity contribution in [1.29, 1.82) is 0 Å². The maximum absolute atomic E-state index is 12.4. The summed E-state index contributed by atoms with van der Waals surface area (Å²) in [6, 6.07) is 7.11. The fourth-order valence-electron chi connectivity index (χ4n) is 2.48. The quantitative estimate of drug-likeness (QED) is 0.728. The van der Waals surface area contributed by atoms with Gasteiger partial charge in [0.1, 0.15) is 5.69 Å². The van der Waals surface area contributed by atoms with Gasteiger partial charge in [0.25, 0.3) is 5.91 Å². The van der Waals surface area contributed by atoms with Crippen molar-refractivity contribution in [1.82, 2.24) is 15.0 Å². The summed E-state index contributed by atoms with van der Waals surface area (Å²) in [6.07, 6.45) is 0. The van der Waals surface area contributed by atoms with Crippen LogP contribution in [0.1, 0.15) is 21.9 Å². The van der Waals surface area contributed by atoms with Crippen LogP contribution in [0.3, 0.4) is 0 Å². The van der Waals surface area contributed by atoms with Gasteiger partial charge in [0.2, 0.25) is 12.7 Å². The van der Waals surface area contributed by atoms with Crippen molar-refractivity contribution in [2.24, 2.45) is 0 Å². The van der Waals surface area contributed by atoms with Crippen LogP contribution in [0.15, 0.2) is 29.6 Å². The lowest BCUT2D eigenvalue weighted by Crippen LogP contribution is -2.12. The van der Waals surface area contributed by atoms with Crippen LogP contribution in [0, 0.1) is 13.8 Å². The van der Waals surface area contributed by atoms with E-state index in [1.54, 1.807) is 23.6 Å². The van der Waals surface area contributed by atoms with Crippen LogP contribution in [-0.4, -0.2) is 27.7 Å². The predicted molar refractivity (Wildman–Crippen MR) is 97.4 cm³/mol. The zero-order chi connectivity index (χ0) is 18.1. The van der Waals surface area contributed by atoms with Crippen LogP contribution in [0.2, 0.25) is 0 Å². The Balaban J connectivity index is 1.46. The highest BCUT2D eigenvalue weighted by Crippen LogP contribution is 2.34. The van der Waals surface area contributed by atoms with Gasteiger partial charge < -0.3 is 20.1 Å². The van der Waals surface area contributed by atoms with E-state index in [4.69, 9.17) is 9.47 Å². The molecule has 26 heavy (non-hydrogen) atoms. The lowest BCUT2D eigenvalue weighted by Gasteiger charge is -2.04. The summed E-state index contributed by atoms with van der Waals surface area (Å²) in [5.74, 6) is 1.42. The molecule has 0 spiro atoms. The topological polar surface area (TPSA) is 98.3 Å². The van der Waals surface area contributed by atoms with E-state index in [2.05, 4.69) is 25.6 Å². The van der Waals surface area contributed by atoms with E-state index in [0.29, 0.717) is 34.0 Å². The van der Waals surface area contributed by atoms with Gasteiger partial charge in [-0.2, -0.15) is 0 Å². The molecule has 132 valence electrons. The molecule has 1 aromatic carbocycles. The molecule has 0 aliphatic carbocycles. The molecule has 3 heterocycles. The van der Waals surface area contributed by atoms with Crippen LogP contribution >= 0.6 is 11.3 Å². The van der Waals surface area contributed by atoms with E-state index in [-0.39, 0.29) is 12.7 Å². The fourth-order valence-corrected chi connectivity index (χ4v) is 3.17. The molecular formula is C17H15N5O3S. The van der Waals surface area contributed by atoms with Crippen LogP contribution < -0.4 is 20.1 Å². The standard InChI is InChI=1S/C17H15N5O3S/c1-9-5-10(2)19-16(18-9)22-17-21-12(7-26-17)15(23)20-11-3-4-13-14(6-11)25-8-24-13/h3-7H,8H2,1-2H3,(H,20,23)(H,18,19,21,22). The lowest BCUT2D eigenvalue weighted by molar-refractivity contribution is 0.102. The number of rotatable bonds is 4. The molecule has 1 amide bonds. The summed E-state index contributed by atoms with van der Waals surface area (Å²) < 4.78 is 10.6. The molecule has 0 fully saturated rings. The molecular weight excluding hydrogens is 354 g/mol. The number of aromatic nitrogens is 3. The van der Waals surface area contributed by atoms with Crippen LogP contribution in [-0.2, 0) is 0 Å². The second-order valence-corrected chi connectivity index (χ2v) is 6.52. The van der Waals surface area contributed by atoms with Crippen molar-refractivity contribution in [3.8, 4) is 11.5 Å². The largest absolute Gasteiger partial charge is 0.454 e. The zero-order valence-corrected chi connectivity index (χ0v) is 14.9. The van der Waals surface area contributed by atoms with Crippen LogP contribution in [0.4, 0.5) is 16.8 Å².